The molecule has 11 heavy (non-hydrogen) atoms. The quantitative estimate of drug-likeness (QED) is 0.644. The van der Waals surface area contributed by atoms with Crippen molar-refractivity contribution in [3.05, 3.63) is 28.3 Å². The minimum absolute atomic E-state index is 0.0387. The van der Waals surface area contributed by atoms with Crippen LogP contribution in [0.5, 0.6) is 5.75 Å². The summed E-state index contributed by atoms with van der Waals surface area (Å²) < 4.78 is 0. The molecule has 0 aliphatic rings. The van der Waals surface area contributed by atoms with Gasteiger partial charge in [-0.2, -0.15) is 5.26 Å². The maximum absolute atomic E-state index is 9.13. The summed E-state index contributed by atoms with van der Waals surface area (Å²) in [4.78, 5) is 0. The fourth-order valence-corrected chi connectivity index (χ4v) is 0.982. The van der Waals surface area contributed by atoms with Gasteiger partial charge in [0, 0.05) is 0 Å². The third-order valence-electron chi connectivity index (χ3n) is 1.32. The zero-order chi connectivity index (χ0) is 8.43. The van der Waals surface area contributed by atoms with E-state index in [1.807, 2.05) is 6.07 Å². The summed E-state index contributed by atoms with van der Waals surface area (Å²) in [6.07, 6.45) is 0. The molecule has 1 N–H and O–H groups in total. The summed E-state index contributed by atoms with van der Waals surface area (Å²) in [6.45, 7) is 1.79. The molecule has 2 nitrogen and oxygen atoms in total. The molecule has 0 radical (unpaired) electrons. The molecule has 0 saturated heterocycles. The molecule has 0 bridgehead atoms. The van der Waals surface area contributed by atoms with Crippen molar-refractivity contribution in [1.82, 2.24) is 0 Å². The maximum Gasteiger partial charge on any atom is 0.135 e. The third-order valence-corrected chi connectivity index (χ3v) is 1.72. The van der Waals surface area contributed by atoms with Gasteiger partial charge in [0.25, 0.3) is 0 Å². The summed E-state index contributed by atoms with van der Waals surface area (Å²) in [5, 5.41) is 17.8. The van der Waals surface area contributed by atoms with Crippen LogP contribution in [0.3, 0.4) is 0 Å². The molecular formula is C8H6ClNO. The van der Waals surface area contributed by atoms with Crippen LogP contribution in [0.1, 0.15) is 11.1 Å². The number of hydrogen-bond acceptors (Lipinski definition) is 2. The van der Waals surface area contributed by atoms with Gasteiger partial charge in [0.1, 0.15) is 16.8 Å². The lowest BCUT2D eigenvalue weighted by Gasteiger charge is -1.99. The van der Waals surface area contributed by atoms with Gasteiger partial charge in [0.2, 0.25) is 0 Å². The van der Waals surface area contributed by atoms with Gasteiger partial charge in [-0.15, -0.1) is 0 Å². The van der Waals surface area contributed by atoms with Crippen molar-refractivity contribution in [1.29, 1.82) is 5.26 Å². The largest absolute Gasteiger partial charge is 0.506 e. The van der Waals surface area contributed by atoms with Crippen LogP contribution < -0.4 is 0 Å². The Kier molecular flexibility index (Phi) is 2.02. The molecular weight excluding hydrogens is 162 g/mol. The predicted octanol–water partition coefficient (Wildman–Crippen LogP) is 2.23. The van der Waals surface area contributed by atoms with Crippen LogP contribution >= 0.6 is 11.6 Å². The lowest BCUT2D eigenvalue weighted by molar-refractivity contribution is 0.475. The Hall–Kier alpha value is -1.20. The van der Waals surface area contributed by atoms with E-state index < -0.39 is 0 Å². The molecule has 0 heterocycles. The molecule has 0 aliphatic heterocycles. The van der Waals surface area contributed by atoms with Gasteiger partial charge in [0.15, 0.2) is 0 Å². The highest BCUT2D eigenvalue weighted by molar-refractivity contribution is 6.33. The molecule has 0 aliphatic carbocycles. The van der Waals surface area contributed by atoms with E-state index in [-0.39, 0.29) is 10.8 Å². The number of hydrogen-bond donors (Lipinski definition) is 1. The number of rotatable bonds is 0. The van der Waals surface area contributed by atoms with Crippen LogP contribution in [0.4, 0.5) is 0 Å². The SMILES string of the molecule is Cc1cc(O)c(Cl)c(C#N)c1. The molecule has 0 atom stereocenters. The minimum atomic E-state index is -0.0387. The molecule has 0 spiro atoms. The lowest BCUT2D eigenvalue weighted by atomic mass is 10.1. The van der Waals surface area contributed by atoms with E-state index in [9.17, 15) is 0 Å². The first-order valence-electron chi connectivity index (χ1n) is 3.04. The third kappa shape index (κ3) is 1.44. The Morgan fingerprint density at radius 3 is 2.73 bits per heavy atom. The van der Waals surface area contributed by atoms with Crippen molar-refractivity contribution in [3.63, 3.8) is 0 Å². The summed E-state index contributed by atoms with van der Waals surface area (Å²) in [7, 11) is 0. The Morgan fingerprint density at radius 2 is 2.18 bits per heavy atom. The average molecular weight is 168 g/mol. The first-order chi connectivity index (χ1) is 5.15. The predicted molar refractivity (Wildman–Crippen MR) is 42.6 cm³/mol. The molecule has 1 aromatic carbocycles. The highest BCUT2D eigenvalue weighted by atomic mass is 35.5. The van der Waals surface area contributed by atoms with Crippen molar-refractivity contribution in [2.24, 2.45) is 0 Å². The van der Waals surface area contributed by atoms with E-state index in [4.69, 9.17) is 22.0 Å². The fourth-order valence-electron chi connectivity index (χ4n) is 0.831. The second kappa shape index (κ2) is 2.81. The van der Waals surface area contributed by atoms with Gasteiger partial charge >= 0.3 is 0 Å². The van der Waals surface area contributed by atoms with Gasteiger partial charge < -0.3 is 5.11 Å². The van der Waals surface area contributed by atoms with Crippen LogP contribution in [0.2, 0.25) is 5.02 Å². The number of phenolic OH excluding ortho intramolecular Hbond substituents is 1. The highest BCUT2D eigenvalue weighted by Gasteiger charge is 2.04. The van der Waals surface area contributed by atoms with Crippen LogP contribution in [-0.4, -0.2) is 5.11 Å². The monoisotopic (exact) mass is 167 g/mol. The number of nitriles is 1. The molecule has 0 fully saturated rings. The van der Waals surface area contributed by atoms with Crippen LogP contribution in [0.15, 0.2) is 12.1 Å². The normalized spacial score (nSPS) is 9.18. The molecule has 0 amide bonds. The van der Waals surface area contributed by atoms with E-state index >= 15 is 0 Å². The summed E-state index contributed by atoms with van der Waals surface area (Å²) in [6, 6.07) is 5.03. The van der Waals surface area contributed by atoms with E-state index in [2.05, 4.69) is 0 Å². The number of nitrogens with zero attached hydrogens (tertiary/aromatic N) is 1. The van der Waals surface area contributed by atoms with Crippen LogP contribution in [-0.2, 0) is 0 Å². The zero-order valence-electron chi connectivity index (χ0n) is 5.93. The van der Waals surface area contributed by atoms with Crippen molar-refractivity contribution >= 4 is 11.6 Å². The number of benzene rings is 1. The summed E-state index contributed by atoms with van der Waals surface area (Å²) >= 11 is 5.59. The van der Waals surface area contributed by atoms with Gasteiger partial charge in [-0.25, -0.2) is 0 Å². The first kappa shape index (κ1) is 7.90. The smallest absolute Gasteiger partial charge is 0.135 e. The first-order valence-corrected chi connectivity index (χ1v) is 3.42. The Bertz CT molecular complexity index is 328. The van der Waals surface area contributed by atoms with Crippen molar-refractivity contribution in [2.75, 3.05) is 0 Å². The number of aromatic hydroxyl groups is 1. The topological polar surface area (TPSA) is 44.0 Å². The second-order valence-electron chi connectivity index (χ2n) is 2.26. The summed E-state index contributed by atoms with van der Waals surface area (Å²) in [5.41, 5.74) is 1.13. The van der Waals surface area contributed by atoms with Gasteiger partial charge in [-0.05, 0) is 24.6 Å². The summed E-state index contributed by atoms with van der Waals surface area (Å²) in [5.74, 6) is -0.0387. The van der Waals surface area contributed by atoms with Crippen LogP contribution in [0.25, 0.3) is 0 Å². The minimum Gasteiger partial charge on any atom is -0.506 e. The number of halogens is 1. The highest BCUT2D eigenvalue weighted by Crippen LogP contribution is 2.27. The van der Waals surface area contributed by atoms with Gasteiger partial charge in [0.05, 0.1) is 5.56 Å². The standard InChI is InChI=1S/C8H6ClNO/c1-5-2-6(4-10)8(9)7(11)3-5/h2-3,11H,1H3. The van der Waals surface area contributed by atoms with E-state index in [0.29, 0.717) is 5.56 Å². The van der Waals surface area contributed by atoms with Gasteiger partial charge in [-0.3, -0.25) is 0 Å². The second-order valence-corrected chi connectivity index (χ2v) is 2.64. The van der Waals surface area contributed by atoms with E-state index in [0.717, 1.165) is 5.56 Å². The molecule has 0 aromatic heterocycles. The Balaban J connectivity index is 3.39. The van der Waals surface area contributed by atoms with Crippen molar-refractivity contribution in [3.8, 4) is 11.8 Å². The van der Waals surface area contributed by atoms with Crippen molar-refractivity contribution < 1.29 is 5.11 Å². The fraction of sp³-hybridized carbons (Fsp3) is 0.125. The van der Waals surface area contributed by atoms with E-state index in [1.165, 1.54) is 6.07 Å². The Labute approximate surface area is 69.7 Å². The molecule has 1 aromatic rings. The Morgan fingerprint density at radius 1 is 1.55 bits per heavy atom. The molecule has 0 saturated carbocycles. The van der Waals surface area contributed by atoms with Crippen molar-refractivity contribution in [2.45, 2.75) is 6.92 Å². The number of phenols is 1. The molecule has 3 heteroatoms. The maximum atomic E-state index is 9.13. The lowest BCUT2D eigenvalue weighted by Crippen LogP contribution is -1.80. The molecule has 1 rings (SSSR count). The van der Waals surface area contributed by atoms with E-state index in [1.54, 1.807) is 13.0 Å². The van der Waals surface area contributed by atoms with Crippen LogP contribution in [0, 0.1) is 18.3 Å². The molecule has 0 unspecified atom stereocenters. The zero-order valence-corrected chi connectivity index (χ0v) is 6.68. The van der Waals surface area contributed by atoms with Gasteiger partial charge in [-0.1, -0.05) is 11.6 Å². The number of aryl methyl sites for hydroxylation is 1. The average Bonchev–Trinajstić information content (AvgIpc) is 1.96. The molecule has 56 valence electrons.